The zero-order valence-electron chi connectivity index (χ0n) is 18.8. The summed E-state index contributed by atoms with van der Waals surface area (Å²) in [5.74, 6) is 1.67. The molecule has 30 heavy (non-hydrogen) atoms. The summed E-state index contributed by atoms with van der Waals surface area (Å²) in [7, 11) is 5.84. The van der Waals surface area contributed by atoms with Crippen LogP contribution in [0.1, 0.15) is 30.0 Å². The van der Waals surface area contributed by atoms with Crippen LogP contribution >= 0.6 is 0 Å². The summed E-state index contributed by atoms with van der Waals surface area (Å²) >= 11 is 0. The molecule has 6 heteroatoms. The first kappa shape index (κ1) is 23.7. The lowest BCUT2D eigenvalue weighted by molar-refractivity contribution is 0.145. The van der Waals surface area contributed by atoms with Crippen molar-refractivity contribution in [1.29, 1.82) is 0 Å². The van der Waals surface area contributed by atoms with Gasteiger partial charge in [0.1, 0.15) is 5.75 Å². The minimum absolute atomic E-state index is 0.630. The molecule has 0 fully saturated rings. The van der Waals surface area contributed by atoms with E-state index in [9.17, 15) is 0 Å². The Morgan fingerprint density at radius 3 is 2.47 bits per heavy atom. The summed E-state index contributed by atoms with van der Waals surface area (Å²) in [5, 5.41) is 6.85. The van der Waals surface area contributed by atoms with Crippen molar-refractivity contribution in [2.75, 3.05) is 41.0 Å². The average Bonchev–Trinajstić information content (AvgIpc) is 2.75. The highest BCUT2D eigenvalue weighted by atomic mass is 16.5. The molecule has 0 atom stereocenters. The zero-order valence-corrected chi connectivity index (χ0v) is 18.8. The topological polar surface area (TPSA) is 58.1 Å². The van der Waals surface area contributed by atoms with Crippen molar-refractivity contribution >= 4 is 5.96 Å². The highest BCUT2D eigenvalue weighted by molar-refractivity contribution is 5.79. The number of aliphatic imine (C=N–C) groups is 1. The number of ether oxygens (including phenoxy) is 2. The van der Waals surface area contributed by atoms with Crippen molar-refractivity contribution in [3.8, 4) is 5.75 Å². The van der Waals surface area contributed by atoms with E-state index in [1.807, 2.05) is 19.1 Å². The third kappa shape index (κ3) is 9.29. The predicted octanol–water partition coefficient (Wildman–Crippen LogP) is 3.42. The van der Waals surface area contributed by atoms with E-state index < -0.39 is 0 Å². The number of guanidine groups is 1. The van der Waals surface area contributed by atoms with Crippen molar-refractivity contribution < 1.29 is 9.47 Å². The summed E-state index contributed by atoms with van der Waals surface area (Å²) in [6.07, 6.45) is 0.940. The van der Waals surface area contributed by atoms with E-state index in [0.29, 0.717) is 13.1 Å². The van der Waals surface area contributed by atoms with Gasteiger partial charge in [0.2, 0.25) is 0 Å². The van der Waals surface area contributed by atoms with E-state index >= 15 is 0 Å². The molecule has 2 N–H and O–H groups in total. The number of methoxy groups -OCH3 is 1. The molecule has 0 saturated heterocycles. The van der Waals surface area contributed by atoms with Crippen molar-refractivity contribution in [2.45, 2.75) is 33.0 Å². The van der Waals surface area contributed by atoms with Gasteiger partial charge in [0, 0.05) is 32.8 Å². The van der Waals surface area contributed by atoms with Gasteiger partial charge in [-0.3, -0.25) is 0 Å². The van der Waals surface area contributed by atoms with E-state index in [2.05, 4.69) is 66.0 Å². The van der Waals surface area contributed by atoms with E-state index in [1.54, 1.807) is 7.11 Å². The molecule has 0 aliphatic carbocycles. The van der Waals surface area contributed by atoms with Crippen LogP contribution in [0.4, 0.5) is 0 Å². The number of hydrogen-bond acceptors (Lipinski definition) is 4. The molecular weight excluding hydrogens is 376 g/mol. The molecule has 6 nitrogen and oxygen atoms in total. The molecule has 0 heterocycles. The number of nitrogens with one attached hydrogen (secondary N) is 2. The minimum Gasteiger partial charge on any atom is -0.497 e. The largest absolute Gasteiger partial charge is 0.497 e. The number of rotatable bonds is 12. The van der Waals surface area contributed by atoms with Gasteiger partial charge in [0.25, 0.3) is 0 Å². The Kier molecular flexibility index (Phi) is 10.8. The maximum absolute atomic E-state index is 5.42. The summed E-state index contributed by atoms with van der Waals surface area (Å²) in [5.41, 5.74) is 3.67. The smallest absolute Gasteiger partial charge is 0.191 e. The molecule has 0 amide bonds. The summed E-state index contributed by atoms with van der Waals surface area (Å²) in [6.45, 7) is 6.58. The second-order valence-corrected chi connectivity index (χ2v) is 7.40. The van der Waals surface area contributed by atoms with Gasteiger partial charge in [0.05, 0.1) is 13.7 Å². The maximum Gasteiger partial charge on any atom is 0.191 e. The van der Waals surface area contributed by atoms with Crippen molar-refractivity contribution in [3.63, 3.8) is 0 Å². The van der Waals surface area contributed by atoms with Crippen molar-refractivity contribution in [2.24, 2.45) is 4.99 Å². The van der Waals surface area contributed by atoms with Gasteiger partial charge >= 0.3 is 0 Å². The van der Waals surface area contributed by atoms with Crippen LogP contribution in [0, 0.1) is 0 Å². The maximum atomic E-state index is 5.42. The van der Waals surface area contributed by atoms with Gasteiger partial charge in [-0.1, -0.05) is 36.4 Å². The molecule has 2 aromatic carbocycles. The lowest BCUT2D eigenvalue weighted by Crippen LogP contribution is -2.37. The fourth-order valence-electron chi connectivity index (χ4n) is 2.99. The van der Waals surface area contributed by atoms with Gasteiger partial charge in [-0.05, 0) is 56.3 Å². The second kappa shape index (κ2) is 13.6. The molecule has 0 radical (unpaired) electrons. The normalized spacial score (nSPS) is 11.6. The monoisotopic (exact) mass is 412 g/mol. The van der Waals surface area contributed by atoms with Gasteiger partial charge in [-0.15, -0.1) is 0 Å². The number of nitrogens with zero attached hydrogens (tertiary/aromatic N) is 2. The molecule has 2 rings (SSSR count). The average molecular weight is 413 g/mol. The lowest BCUT2D eigenvalue weighted by Gasteiger charge is -2.14. The standard InChI is InChI=1S/C24H36N4O2/c1-5-30-15-7-14-25-24(26-17-20-10-12-23(29-4)13-11-20)27-18-21-8-6-9-22(16-21)19-28(2)3/h6,8-13,16H,5,7,14-15,17-19H2,1-4H3,(H2,25,26,27). The first-order valence-corrected chi connectivity index (χ1v) is 10.6. The third-order valence-corrected chi connectivity index (χ3v) is 4.49. The van der Waals surface area contributed by atoms with Gasteiger partial charge in [-0.25, -0.2) is 4.99 Å². The van der Waals surface area contributed by atoms with Crippen LogP contribution in [0.5, 0.6) is 5.75 Å². The predicted molar refractivity (Wildman–Crippen MR) is 124 cm³/mol. The van der Waals surface area contributed by atoms with Crippen LogP contribution in [0.25, 0.3) is 0 Å². The van der Waals surface area contributed by atoms with Gasteiger partial charge in [-0.2, -0.15) is 0 Å². The van der Waals surface area contributed by atoms with E-state index in [-0.39, 0.29) is 0 Å². The highest BCUT2D eigenvalue weighted by Gasteiger charge is 2.02. The Morgan fingerprint density at radius 1 is 1.00 bits per heavy atom. The fraction of sp³-hybridized carbons (Fsp3) is 0.458. The van der Waals surface area contributed by atoms with Crippen LogP contribution < -0.4 is 15.4 Å². The van der Waals surface area contributed by atoms with Gasteiger partial charge < -0.3 is 25.0 Å². The Hall–Kier alpha value is -2.57. The molecule has 0 unspecified atom stereocenters. The summed E-state index contributed by atoms with van der Waals surface area (Å²) < 4.78 is 10.7. The number of hydrogen-bond donors (Lipinski definition) is 2. The molecule has 0 aliphatic rings. The zero-order chi connectivity index (χ0) is 21.6. The van der Waals surface area contributed by atoms with E-state index in [1.165, 1.54) is 16.7 Å². The SMILES string of the molecule is CCOCCCNC(=NCc1cccc(CN(C)C)c1)NCc1ccc(OC)cc1. The Labute approximate surface area is 181 Å². The van der Waals surface area contributed by atoms with Gasteiger partial charge in [0.15, 0.2) is 5.96 Å². The first-order chi connectivity index (χ1) is 14.6. The molecule has 2 aromatic rings. The summed E-state index contributed by atoms with van der Waals surface area (Å²) in [4.78, 5) is 6.97. The highest BCUT2D eigenvalue weighted by Crippen LogP contribution is 2.11. The Balaban J connectivity index is 1.98. The van der Waals surface area contributed by atoms with Crippen molar-refractivity contribution in [1.82, 2.24) is 15.5 Å². The molecule has 0 saturated carbocycles. The van der Waals surface area contributed by atoms with Crippen LogP contribution in [-0.2, 0) is 24.4 Å². The molecule has 0 spiro atoms. The third-order valence-electron chi connectivity index (χ3n) is 4.49. The molecule has 0 aromatic heterocycles. The van der Waals surface area contributed by atoms with E-state index in [0.717, 1.165) is 44.4 Å². The summed E-state index contributed by atoms with van der Waals surface area (Å²) in [6, 6.07) is 16.7. The minimum atomic E-state index is 0.630. The Bertz CT molecular complexity index is 760. The molecule has 164 valence electrons. The lowest BCUT2D eigenvalue weighted by atomic mass is 10.1. The van der Waals surface area contributed by atoms with Crippen molar-refractivity contribution in [3.05, 3.63) is 65.2 Å². The number of benzene rings is 2. The molecular formula is C24H36N4O2. The van der Waals surface area contributed by atoms with Crippen LogP contribution in [-0.4, -0.2) is 51.8 Å². The quantitative estimate of drug-likeness (QED) is 0.318. The first-order valence-electron chi connectivity index (χ1n) is 10.6. The van der Waals surface area contributed by atoms with Crippen LogP contribution in [0.2, 0.25) is 0 Å². The molecule has 0 bridgehead atoms. The van der Waals surface area contributed by atoms with Crippen LogP contribution in [0.15, 0.2) is 53.5 Å². The van der Waals surface area contributed by atoms with E-state index in [4.69, 9.17) is 14.5 Å². The van der Waals surface area contributed by atoms with Crippen LogP contribution in [0.3, 0.4) is 0 Å². The fourth-order valence-corrected chi connectivity index (χ4v) is 2.99. The molecule has 0 aliphatic heterocycles. The Morgan fingerprint density at radius 2 is 1.77 bits per heavy atom. The second-order valence-electron chi connectivity index (χ2n) is 7.40.